The van der Waals surface area contributed by atoms with Crippen molar-refractivity contribution in [1.82, 2.24) is 0 Å². The predicted molar refractivity (Wildman–Crippen MR) is 64.3 cm³/mol. The second kappa shape index (κ2) is 4.99. The van der Waals surface area contributed by atoms with Gasteiger partial charge >= 0.3 is 5.97 Å². The Balaban J connectivity index is 1.89. The van der Waals surface area contributed by atoms with Crippen LogP contribution < -0.4 is 0 Å². The van der Waals surface area contributed by atoms with Crippen LogP contribution in [0.1, 0.15) is 17.5 Å². The molecule has 90 valence electrons. The first-order chi connectivity index (χ1) is 8.13. The van der Waals surface area contributed by atoms with Crippen LogP contribution >= 0.6 is 0 Å². The van der Waals surface area contributed by atoms with Crippen LogP contribution in [0.3, 0.4) is 0 Å². The molecule has 0 fully saturated rings. The molecule has 0 bridgehead atoms. The number of rotatable bonds is 4. The van der Waals surface area contributed by atoms with Crippen LogP contribution in [0.15, 0.2) is 29.3 Å². The molecule has 0 aromatic heterocycles. The number of aryl methyl sites for hydroxylation is 1. The Labute approximate surface area is 99.9 Å². The van der Waals surface area contributed by atoms with E-state index in [4.69, 9.17) is 9.84 Å². The zero-order chi connectivity index (χ0) is 12.3. The number of carbonyl (C=O) groups is 1. The van der Waals surface area contributed by atoms with E-state index in [0.29, 0.717) is 12.4 Å². The lowest BCUT2D eigenvalue weighted by Crippen LogP contribution is -2.17. The van der Waals surface area contributed by atoms with E-state index in [1.165, 1.54) is 11.1 Å². The van der Waals surface area contributed by atoms with Crippen LogP contribution in [-0.2, 0) is 16.0 Å². The van der Waals surface area contributed by atoms with Gasteiger partial charge in [0.25, 0.3) is 0 Å². The zero-order valence-electron chi connectivity index (χ0n) is 9.72. The van der Waals surface area contributed by atoms with Crippen molar-refractivity contribution in [3.05, 3.63) is 35.4 Å². The molecule has 1 atom stereocenters. The maximum absolute atomic E-state index is 10.5. The van der Waals surface area contributed by atoms with E-state index in [-0.39, 0.29) is 12.5 Å². The van der Waals surface area contributed by atoms with Crippen LogP contribution in [0, 0.1) is 6.92 Å². The first-order valence-electron chi connectivity index (χ1n) is 5.61. The van der Waals surface area contributed by atoms with Gasteiger partial charge in [0.1, 0.15) is 12.5 Å². The third-order valence-electron chi connectivity index (χ3n) is 2.62. The van der Waals surface area contributed by atoms with Crippen molar-refractivity contribution in [3.8, 4) is 0 Å². The summed E-state index contributed by atoms with van der Waals surface area (Å²) in [6, 6.07) is 8.22. The van der Waals surface area contributed by atoms with Gasteiger partial charge in [-0.05, 0) is 12.5 Å². The molecule has 1 aromatic rings. The van der Waals surface area contributed by atoms with Crippen molar-refractivity contribution < 1.29 is 14.6 Å². The summed E-state index contributed by atoms with van der Waals surface area (Å²) in [6.07, 6.45) is 0.629. The van der Waals surface area contributed by atoms with E-state index in [0.717, 1.165) is 6.42 Å². The van der Waals surface area contributed by atoms with Gasteiger partial charge in [0.05, 0.1) is 6.54 Å². The SMILES string of the molecule is Cc1cccc(CC2CN=C(CC(=O)O)O2)c1. The number of benzene rings is 1. The van der Waals surface area contributed by atoms with Crippen molar-refractivity contribution >= 4 is 11.9 Å². The second-order valence-corrected chi connectivity index (χ2v) is 4.24. The number of ether oxygens (including phenoxy) is 1. The van der Waals surface area contributed by atoms with Crippen molar-refractivity contribution in [3.63, 3.8) is 0 Å². The summed E-state index contributed by atoms with van der Waals surface area (Å²) in [5.41, 5.74) is 2.41. The summed E-state index contributed by atoms with van der Waals surface area (Å²) in [7, 11) is 0. The van der Waals surface area contributed by atoms with E-state index in [2.05, 4.69) is 11.1 Å². The van der Waals surface area contributed by atoms with Gasteiger partial charge in [-0.25, -0.2) is 0 Å². The third kappa shape index (κ3) is 3.31. The molecular formula is C13H15NO3. The molecule has 0 amide bonds. The number of aliphatic imine (C=N–C) groups is 1. The molecule has 0 aliphatic carbocycles. The van der Waals surface area contributed by atoms with E-state index in [9.17, 15) is 4.79 Å². The Kier molecular flexibility index (Phi) is 3.42. The Bertz CT molecular complexity index is 454. The smallest absolute Gasteiger partial charge is 0.312 e. The predicted octanol–water partition coefficient (Wildman–Crippen LogP) is 1.81. The largest absolute Gasteiger partial charge is 0.481 e. The topological polar surface area (TPSA) is 58.9 Å². The molecule has 4 nitrogen and oxygen atoms in total. The quantitative estimate of drug-likeness (QED) is 0.862. The first-order valence-corrected chi connectivity index (χ1v) is 5.61. The van der Waals surface area contributed by atoms with Crippen molar-refractivity contribution in [2.75, 3.05) is 6.54 Å². The monoisotopic (exact) mass is 233 g/mol. The van der Waals surface area contributed by atoms with Gasteiger partial charge in [-0.2, -0.15) is 0 Å². The fourth-order valence-electron chi connectivity index (χ4n) is 1.91. The van der Waals surface area contributed by atoms with Crippen LogP contribution in [0.25, 0.3) is 0 Å². The van der Waals surface area contributed by atoms with Crippen LogP contribution in [0.5, 0.6) is 0 Å². The van der Waals surface area contributed by atoms with Crippen molar-refractivity contribution in [2.24, 2.45) is 4.99 Å². The molecule has 0 saturated carbocycles. The number of hydrogen-bond donors (Lipinski definition) is 1. The number of aliphatic carboxylic acids is 1. The van der Waals surface area contributed by atoms with Crippen LogP contribution in [0.2, 0.25) is 0 Å². The molecule has 1 aliphatic heterocycles. The van der Waals surface area contributed by atoms with E-state index >= 15 is 0 Å². The molecule has 0 saturated heterocycles. The average molecular weight is 233 g/mol. The highest BCUT2D eigenvalue weighted by molar-refractivity contribution is 5.94. The maximum atomic E-state index is 10.5. The van der Waals surface area contributed by atoms with Crippen molar-refractivity contribution in [2.45, 2.75) is 25.9 Å². The molecule has 1 heterocycles. The Morgan fingerprint density at radius 1 is 1.59 bits per heavy atom. The minimum Gasteiger partial charge on any atom is -0.481 e. The van der Waals surface area contributed by atoms with E-state index in [1.807, 2.05) is 25.1 Å². The lowest BCUT2D eigenvalue weighted by molar-refractivity contribution is -0.135. The molecular weight excluding hydrogens is 218 g/mol. The number of carboxylic acids is 1. The lowest BCUT2D eigenvalue weighted by Gasteiger charge is -2.11. The molecule has 1 aromatic carbocycles. The Morgan fingerprint density at radius 2 is 2.41 bits per heavy atom. The van der Waals surface area contributed by atoms with Gasteiger partial charge in [0.2, 0.25) is 0 Å². The lowest BCUT2D eigenvalue weighted by atomic mass is 10.1. The highest BCUT2D eigenvalue weighted by Gasteiger charge is 2.21. The minimum atomic E-state index is -0.903. The fourth-order valence-corrected chi connectivity index (χ4v) is 1.91. The summed E-state index contributed by atoms with van der Waals surface area (Å²) in [6.45, 7) is 2.60. The van der Waals surface area contributed by atoms with Crippen molar-refractivity contribution in [1.29, 1.82) is 0 Å². The van der Waals surface area contributed by atoms with Crippen LogP contribution in [-0.4, -0.2) is 29.6 Å². The van der Waals surface area contributed by atoms with Gasteiger partial charge in [0.15, 0.2) is 5.90 Å². The van der Waals surface area contributed by atoms with Gasteiger partial charge in [-0.15, -0.1) is 0 Å². The highest BCUT2D eigenvalue weighted by Crippen LogP contribution is 2.14. The van der Waals surface area contributed by atoms with E-state index < -0.39 is 5.97 Å². The average Bonchev–Trinajstić information content (AvgIpc) is 2.64. The zero-order valence-corrected chi connectivity index (χ0v) is 9.72. The number of hydrogen-bond acceptors (Lipinski definition) is 3. The second-order valence-electron chi connectivity index (χ2n) is 4.24. The van der Waals surface area contributed by atoms with Gasteiger partial charge in [-0.1, -0.05) is 29.8 Å². The van der Waals surface area contributed by atoms with Gasteiger partial charge in [0, 0.05) is 6.42 Å². The fraction of sp³-hybridized carbons (Fsp3) is 0.385. The summed E-state index contributed by atoms with van der Waals surface area (Å²) in [5, 5.41) is 8.63. The summed E-state index contributed by atoms with van der Waals surface area (Å²) < 4.78 is 5.49. The number of nitrogens with zero attached hydrogens (tertiary/aromatic N) is 1. The molecule has 0 spiro atoms. The number of carboxylic acid groups (broad SMARTS) is 1. The van der Waals surface area contributed by atoms with E-state index in [1.54, 1.807) is 0 Å². The maximum Gasteiger partial charge on any atom is 0.312 e. The molecule has 1 aliphatic rings. The third-order valence-corrected chi connectivity index (χ3v) is 2.62. The molecule has 1 unspecified atom stereocenters. The highest BCUT2D eigenvalue weighted by atomic mass is 16.5. The minimum absolute atomic E-state index is 0.0221. The molecule has 17 heavy (non-hydrogen) atoms. The molecule has 0 radical (unpaired) electrons. The van der Waals surface area contributed by atoms with Crippen LogP contribution in [0.4, 0.5) is 0 Å². The summed E-state index contributed by atoms with van der Waals surface area (Å²) in [5.74, 6) is -0.560. The summed E-state index contributed by atoms with van der Waals surface area (Å²) in [4.78, 5) is 14.6. The van der Waals surface area contributed by atoms with Gasteiger partial charge < -0.3 is 9.84 Å². The first kappa shape index (κ1) is 11.6. The normalized spacial score (nSPS) is 18.6. The Morgan fingerprint density at radius 3 is 3.12 bits per heavy atom. The summed E-state index contributed by atoms with van der Waals surface area (Å²) >= 11 is 0. The molecule has 2 rings (SSSR count). The standard InChI is InChI=1S/C13H15NO3/c1-9-3-2-4-10(5-9)6-11-8-14-12(17-11)7-13(15)16/h2-5,11H,6-8H2,1H3,(H,15,16). The van der Waals surface area contributed by atoms with Gasteiger partial charge in [-0.3, -0.25) is 9.79 Å². The Hall–Kier alpha value is -1.84. The molecule has 4 heteroatoms. The molecule has 1 N–H and O–H groups in total.